The second-order valence-electron chi connectivity index (χ2n) is 6.70. The summed E-state index contributed by atoms with van der Waals surface area (Å²) in [5.74, 6) is 1.67. The Bertz CT molecular complexity index is 953. The SMILES string of the molecule is CN=C(NCCc1ccc(OC)cc1O)N(C)Cc1cnn(-c2ccccc2)c1. The third-order valence-electron chi connectivity index (χ3n) is 4.62. The van der Waals surface area contributed by atoms with E-state index in [1.807, 2.05) is 71.5 Å². The number of aromatic hydroxyl groups is 1. The number of para-hydroxylation sites is 1. The van der Waals surface area contributed by atoms with Gasteiger partial charge in [0.1, 0.15) is 11.5 Å². The molecule has 0 aliphatic carbocycles. The molecule has 0 radical (unpaired) electrons. The number of phenols is 1. The van der Waals surface area contributed by atoms with Crippen molar-refractivity contribution in [2.75, 3.05) is 27.7 Å². The first kappa shape index (κ1) is 20.3. The number of aromatic nitrogens is 2. The van der Waals surface area contributed by atoms with Crippen LogP contribution in [0.25, 0.3) is 5.69 Å². The van der Waals surface area contributed by atoms with Gasteiger partial charge in [-0.2, -0.15) is 5.10 Å². The van der Waals surface area contributed by atoms with Crippen molar-refractivity contribution in [3.05, 3.63) is 72.1 Å². The Morgan fingerprint density at radius 1 is 1.24 bits per heavy atom. The lowest BCUT2D eigenvalue weighted by Gasteiger charge is -2.21. The van der Waals surface area contributed by atoms with Gasteiger partial charge in [-0.25, -0.2) is 4.68 Å². The van der Waals surface area contributed by atoms with Crippen molar-refractivity contribution < 1.29 is 9.84 Å². The normalized spacial score (nSPS) is 11.3. The molecule has 0 spiro atoms. The minimum atomic E-state index is 0.239. The standard InChI is InChI=1S/C22H27N5O2/c1-23-22(24-12-11-18-9-10-20(29-3)13-21(18)28)26(2)15-17-14-25-27(16-17)19-7-5-4-6-8-19/h4-10,13-14,16,28H,11-12,15H2,1-3H3,(H,23,24). The van der Waals surface area contributed by atoms with Gasteiger partial charge in [-0.05, 0) is 30.2 Å². The Morgan fingerprint density at radius 2 is 2.03 bits per heavy atom. The van der Waals surface area contributed by atoms with Crippen molar-refractivity contribution in [3.63, 3.8) is 0 Å². The van der Waals surface area contributed by atoms with E-state index < -0.39 is 0 Å². The molecule has 0 bridgehead atoms. The summed E-state index contributed by atoms with van der Waals surface area (Å²) in [6.07, 6.45) is 4.56. The molecule has 7 heteroatoms. The number of phenolic OH excluding ortho intramolecular Hbond substituents is 1. The maximum Gasteiger partial charge on any atom is 0.193 e. The Kier molecular flexibility index (Phi) is 6.73. The molecule has 0 aliphatic heterocycles. The molecule has 0 saturated carbocycles. The van der Waals surface area contributed by atoms with Crippen molar-refractivity contribution in [3.8, 4) is 17.2 Å². The molecule has 0 atom stereocenters. The second kappa shape index (κ2) is 9.64. The number of benzene rings is 2. The molecule has 0 amide bonds. The number of rotatable bonds is 7. The first-order valence-electron chi connectivity index (χ1n) is 9.47. The molecule has 0 aliphatic rings. The fourth-order valence-electron chi connectivity index (χ4n) is 3.09. The first-order chi connectivity index (χ1) is 14.1. The lowest BCUT2D eigenvalue weighted by atomic mass is 10.1. The minimum absolute atomic E-state index is 0.239. The molecule has 1 heterocycles. The summed E-state index contributed by atoms with van der Waals surface area (Å²) in [4.78, 5) is 6.39. The van der Waals surface area contributed by atoms with E-state index in [4.69, 9.17) is 4.74 Å². The van der Waals surface area contributed by atoms with E-state index in [1.54, 1.807) is 20.2 Å². The van der Waals surface area contributed by atoms with E-state index in [-0.39, 0.29) is 5.75 Å². The van der Waals surface area contributed by atoms with E-state index in [0.717, 1.165) is 22.8 Å². The van der Waals surface area contributed by atoms with Gasteiger partial charge in [-0.3, -0.25) is 4.99 Å². The van der Waals surface area contributed by atoms with Gasteiger partial charge in [0, 0.05) is 45.0 Å². The number of ether oxygens (including phenoxy) is 1. The van der Waals surface area contributed by atoms with Gasteiger partial charge < -0.3 is 20.1 Å². The van der Waals surface area contributed by atoms with Crippen LogP contribution in [0, 0.1) is 0 Å². The van der Waals surface area contributed by atoms with Gasteiger partial charge >= 0.3 is 0 Å². The summed E-state index contributed by atoms with van der Waals surface area (Å²) in [6.45, 7) is 1.33. The third kappa shape index (κ3) is 5.28. The van der Waals surface area contributed by atoms with Crippen LogP contribution in [0.3, 0.4) is 0 Å². The van der Waals surface area contributed by atoms with Crippen molar-refractivity contribution in [1.82, 2.24) is 20.0 Å². The van der Waals surface area contributed by atoms with E-state index in [2.05, 4.69) is 15.4 Å². The molecule has 0 fully saturated rings. The van der Waals surface area contributed by atoms with Crippen molar-refractivity contribution >= 4 is 5.96 Å². The molecule has 0 saturated heterocycles. The molecular formula is C22H27N5O2. The molecular weight excluding hydrogens is 366 g/mol. The number of nitrogens with zero attached hydrogens (tertiary/aromatic N) is 4. The van der Waals surface area contributed by atoms with Crippen molar-refractivity contribution in [1.29, 1.82) is 0 Å². The van der Waals surface area contributed by atoms with Gasteiger partial charge in [-0.1, -0.05) is 24.3 Å². The quantitative estimate of drug-likeness (QED) is 0.477. The smallest absolute Gasteiger partial charge is 0.193 e. The number of guanidine groups is 1. The van der Waals surface area contributed by atoms with Gasteiger partial charge in [0.15, 0.2) is 5.96 Å². The van der Waals surface area contributed by atoms with E-state index in [9.17, 15) is 5.11 Å². The lowest BCUT2D eigenvalue weighted by molar-refractivity contribution is 0.406. The summed E-state index contributed by atoms with van der Waals surface area (Å²) in [7, 11) is 5.33. The zero-order valence-corrected chi connectivity index (χ0v) is 17.0. The Morgan fingerprint density at radius 3 is 2.72 bits per heavy atom. The molecule has 3 aromatic rings. The van der Waals surface area contributed by atoms with E-state index in [1.165, 1.54) is 0 Å². The van der Waals surface area contributed by atoms with Crippen LogP contribution in [-0.4, -0.2) is 53.5 Å². The Balaban J connectivity index is 1.54. The fourth-order valence-corrected chi connectivity index (χ4v) is 3.09. The van der Waals surface area contributed by atoms with Crippen LogP contribution in [-0.2, 0) is 13.0 Å². The number of hydrogen-bond acceptors (Lipinski definition) is 4. The molecule has 2 N–H and O–H groups in total. The van der Waals surface area contributed by atoms with Crippen LogP contribution >= 0.6 is 0 Å². The van der Waals surface area contributed by atoms with Crippen molar-refractivity contribution in [2.45, 2.75) is 13.0 Å². The summed E-state index contributed by atoms with van der Waals surface area (Å²) < 4.78 is 6.99. The number of hydrogen-bond donors (Lipinski definition) is 2. The molecule has 0 unspecified atom stereocenters. The average molecular weight is 393 g/mol. The zero-order chi connectivity index (χ0) is 20.6. The van der Waals surface area contributed by atoms with Crippen LogP contribution in [0.4, 0.5) is 0 Å². The molecule has 1 aromatic heterocycles. The molecule has 7 nitrogen and oxygen atoms in total. The summed E-state index contributed by atoms with van der Waals surface area (Å²) in [5.41, 5.74) is 2.98. The summed E-state index contributed by atoms with van der Waals surface area (Å²) >= 11 is 0. The topological polar surface area (TPSA) is 74.9 Å². The second-order valence-corrected chi connectivity index (χ2v) is 6.70. The predicted molar refractivity (Wildman–Crippen MR) is 115 cm³/mol. The Labute approximate surface area is 171 Å². The van der Waals surface area contributed by atoms with Gasteiger partial charge in [-0.15, -0.1) is 0 Å². The van der Waals surface area contributed by atoms with E-state index >= 15 is 0 Å². The fraction of sp³-hybridized carbons (Fsp3) is 0.273. The van der Waals surface area contributed by atoms with Gasteiger partial charge in [0.2, 0.25) is 0 Å². The van der Waals surface area contributed by atoms with E-state index in [0.29, 0.717) is 25.3 Å². The first-order valence-corrected chi connectivity index (χ1v) is 9.47. The predicted octanol–water partition coefficient (Wildman–Crippen LogP) is 2.84. The van der Waals surface area contributed by atoms with Crippen molar-refractivity contribution in [2.24, 2.45) is 4.99 Å². The van der Waals surface area contributed by atoms with Crippen LogP contribution in [0.15, 0.2) is 65.9 Å². The largest absolute Gasteiger partial charge is 0.508 e. The minimum Gasteiger partial charge on any atom is -0.508 e. The number of nitrogens with one attached hydrogen (secondary N) is 1. The maximum absolute atomic E-state index is 10.1. The lowest BCUT2D eigenvalue weighted by Crippen LogP contribution is -2.39. The zero-order valence-electron chi connectivity index (χ0n) is 17.0. The van der Waals surface area contributed by atoms with Crippen LogP contribution in [0.1, 0.15) is 11.1 Å². The highest BCUT2D eigenvalue weighted by Gasteiger charge is 2.09. The van der Waals surface area contributed by atoms with Crippen LogP contribution < -0.4 is 10.1 Å². The summed E-state index contributed by atoms with van der Waals surface area (Å²) in [5, 5.41) is 17.9. The van der Waals surface area contributed by atoms with Crippen LogP contribution in [0.5, 0.6) is 11.5 Å². The molecule has 29 heavy (non-hydrogen) atoms. The molecule has 3 rings (SSSR count). The number of methoxy groups -OCH3 is 1. The highest BCUT2D eigenvalue weighted by Crippen LogP contribution is 2.23. The Hall–Kier alpha value is -3.48. The third-order valence-corrected chi connectivity index (χ3v) is 4.62. The summed E-state index contributed by atoms with van der Waals surface area (Å²) in [6, 6.07) is 15.4. The highest BCUT2D eigenvalue weighted by atomic mass is 16.5. The van der Waals surface area contributed by atoms with Gasteiger partial charge in [0.05, 0.1) is 19.0 Å². The van der Waals surface area contributed by atoms with Crippen LogP contribution in [0.2, 0.25) is 0 Å². The molecule has 2 aromatic carbocycles. The number of aliphatic imine (C=N–C) groups is 1. The maximum atomic E-state index is 10.1. The average Bonchev–Trinajstić information content (AvgIpc) is 3.21. The highest BCUT2D eigenvalue weighted by molar-refractivity contribution is 5.79. The molecule has 152 valence electrons. The van der Waals surface area contributed by atoms with Gasteiger partial charge in [0.25, 0.3) is 0 Å². The monoisotopic (exact) mass is 393 g/mol.